The molecule has 3 N–H and O–H groups in total. The van der Waals surface area contributed by atoms with Gasteiger partial charge in [0.25, 0.3) is 0 Å². The highest BCUT2D eigenvalue weighted by molar-refractivity contribution is 5.88. The molecule has 0 saturated carbocycles. The van der Waals surface area contributed by atoms with E-state index < -0.39 is 18.1 Å². The monoisotopic (exact) mass is 505 g/mol. The van der Waals surface area contributed by atoms with E-state index in [0.29, 0.717) is 45.6 Å². The van der Waals surface area contributed by atoms with Gasteiger partial charge in [0.2, 0.25) is 11.8 Å². The predicted octanol–water partition coefficient (Wildman–Crippen LogP) is 2.21. The lowest BCUT2D eigenvalue weighted by Crippen LogP contribution is -2.54. The topological polar surface area (TPSA) is 109 Å². The van der Waals surface area contributed by atoms with Crippen molar-refractivity contribution in [2.24, 2.45) is 0 Å². The van der Waals surface area contributed by atoms with Crippen molar-refractivity contribution >= 4 is 11.8 Å². The van der Waals surface area contributed by atoms with Crippen LogP contribution in [0.3, 0.4) is 0 Å². The maximum Gasteiger partial charge on any atom is 0.245 e. The van der Waals surface area contributed by atoms with Crippen molar-refractivity contribution in [2.75, 3.05) is 26.2 Å². The van der Waals surface area contributed by atoms with Crippen molar-refractivity contribution in [2.45, 2.75) is 45.0 Å². The van der Waals surface area contributed by atoms with Crippen LogP contribution in [0, 0.1) is 0 Å². The maximum absolute atomic E-state index is 12.9. The molecule has 9 heteroatoms. The first-order valence-electron chi connectivity index (χ1n) is 12.8. The molecule has 0 aliphatic carbocycles. The molecule has 0 spiro atoms. The number of benzene rings is 2. The second kappa shape index (κ2) is 13.0. The number of fused-ring (bicyclic) bond motifs is 4. The highest BCUT2D eigenvalue weighted by Crippen LogP contribution is 2.23. The minimum absolute atomic E-state index is 0.0992. The van der Waals surface area contributed by atoms with Gasteiger partial charge in [-0.1, -0.05) is 42.5 Å². The van der Waals surface area contributed by atoms with E-state index >= 15 is 0 Å². The van der Waals surface area contributed by atoms with Crippen molar-refractivity contribution in [3.8, 4) is 17.1 Å². The van der Waals surface area contributed by atoms with Gasteiger partial charge >= 0.3 is 0 Å². The zero-order chi connectivity index (χ0) is 26.0. The van der Waals surface area contributed by atoms with Gasteiger partial charge < -0.3 is 25.0 Å². The fraction of sp³-hybridized carbons (Fsp3) is 0.393. The van der Waals surface area contributed by atoms with Crippen LogP contribution in [-0.2, 0) is 22.7 Å². The minimum atomic E-state index is -1.03. The first-order chi connectivity index (χ1) is 18.0. The molecule has 2 atom stereocenters. The summed E-state index contributed by atoms with van der Waals surface area (Å²) in [6, 6.07) is 16.8. The molecule has 4 rings (SSSR count). The van der Waals surface area contributed by atoms with E-state index in [2.05, 4.69) is 15.6 Å². The van der Waals surface area contributed by atoms with Crippen LogP contribution in [0.1, 0.15) is 25.3 Å². The molecule has 0 unspecified atom stereocenters. The Hall–Kier alpha value is -3.69. The summed E-state index contributed by atoms with van der Waals surface area (Å²) in [7, 11) is 0. The first kappa shape index (κ1) is 26.4. The summed E-state index contributed by atoms with van der Waals surface area (Å²) in [4.78, 5) is 32.2. The molecule has 3 aromatic rings. The Labute approximate surface area is 217 Å². The second-order valence-electron chi connectivity index (χ2n) is 9.30. The van der Waals surface area contributed by atoms with Gasteiger partial charge in [-0.05, 0) is 37.5 Å². The van der Waals surface area contributed by atoms with Gasteiger partial charge in [-0.3, -0.25) is 14.5 Å². The number of amides is 2. The number of imidazole rings is 1. The number of aliphatic hydroxyl groups is 1. The third-order valence-electron chi connectivity index (χ3n) is 6.27. The average molecular weight is 506 g/mol. The van der Waals surface area contributed by atoms with Gasteiger partial charge in [0.1, 0.15) is 17.6 Å². The number of hydrogen-bond donors (Lipinski definition) is 3. The van der Waals surface area contributed by atoms with Crippen molar-refractivity contribution in [1.82, 2.24) is 25.1 Å². The number of aryl methyl sites for hydroxylation is 1. The third kappa shape index (κ3) is 7.65. The number of ether oxygens (including phenoxy) is 1. The summed E-state index contributed by atoms with van der Waals surface area (Å²) in [5.74, 6) is 0.886. The van der Waals surface area contributed by atoms with Gasteiger partial charge in [0.05, 0.1) is 19.3 Å². The van der Waals surface area contributed by atoms with Crippen LogP contribution in [-0.4, -0.2) is 69.8 Å². The Balaban J connectivity index is 1.52. The number of carbonyl (C=O) groups is 2. The standard InChI is InChI=1S/C28H35N5O4/c1-21(34)26-28(36)30-12-6-15-33-16-13-29-27(33)23-10-5-11-24(18-23)37-17-7-14-32(20-25(35)31-26)19-22-8-3-2-4-9-22/h2-5,8-11,13,16,18,21,26,34H,6-7,12,14-15,17,19-20H2,1H3,(H,30,36)(H,31,35)/t21-,26+/m1/s1. The Kier molecular flexibility index (Phi) is 9.29. The minimum Gasteiger partial charge on any atom is -0.494 e. The smallest absolute Gasteiger partial charge is 0.245 e. The van der Waals surface area contributed by atoms with Gasteiger partial charge in [-0.25, -0.2) is 4.98 Å². The van der Waals surface area contributed by atoms with E-state index in [1.54, 1.807) is 6.20 Å². The quantitative estimate of drug-likeness (QED) is 0.504. The van der Waals surface area contributed by atoms with E-state index in [9.17, 15) is 14.7 Å². The summed E-state index contributed by atoms with van der Waals surface area (Å²) < 4.78 is 8.08. The first-order valence-corrected chi connectivity index (χ1v) is 12.8. The second-order valence-corrected chi connectivity index (χ2v) is 9.30. The number of nitrogens with one attached hydrogen (secondary N) is 2. The number of carbonyl (C=O) groups excluding carboxylic acids is 2. The SMILES string of the molecule is C[C@@H](O)[C@@H]1NC(=O)CN(Cc2ccccc2)CCCOc2cccc(c2)-c2nccn2CCCNC1=O. The van der Waals surface area contributed by atoms with Crippen LogP contribution in [0.25, 0.3) is 11.4 Å². The van der Waals surface area contributed by atoms with Gasteiger partial charge in [0.15, 0.2) is 0 Å². The van der Waals surface area contributed by atoms with Crippen molar-refractivity contribution < 1.29 is 19.4 Å². The predicted molar refractivity (Wildman–Crippen MR) is 141 cm³/mol. The lowest BCUT2D eigenvalue weighted by molar-refractivity contribution is -0.132. The lowest BCUT2D eigenvalue weighted by Gasteiger charge is -2.25. The molecule has 9 nitrogen and oxygen atoms in total. The van der Waals surface area contributed by atoms with Crippen molar-refractivity contribution in [3.63, 3.8) is 0 Å². The Morgan fingerprint density at radius 1 is 1.11 bits per heavy atom. The summed E-state index contributed by atoms with van der Waals surface area (Å²) in [6.07, 6.45) is 4.01. The molecule has 1 aromatic heterocycles. The van der Waals surface area contributed by atoms with E-state index in [0.717, 1.165) is 22.7 Å². The molecule has 37 heavy (non-hydrogen) atoms. The van der Waals surface area contributed by atoms with Crippen molar-refractivity contribution in [3.05, 3.63) is 72.6 Å². The van der Waals surface area contributed by atoms with Gasteiger partial charge in [-0.15, -0.1) is 0 Å². The number of aromatic nitrogens is 2. The highest BCUT2D eigenvalue weighted by atomic mass is 16.5. The summed E-state index contributed by atoms with van der Waals surface area (Å²) in [5, 5.41) is 15.8. The lowest BCUT2D eigenvalue weighted by atomic mass is 10.1. The van der Waals surface area contributed by atoms with Crippen LogP contribution >= 0.6 is 0 Å². The summed E-state index contributed by atoms with van der Waals surface area (Å²) in [5.41, 5.74) is 2.04. The summed E-state index contributed by atoms with van der Waals surface area (Å²) >= 11 is 0. The average Bonchev–Trinajstić information content (AvgIpc) is 3.36. The fourth-order valence-electron chi connectivity index (χ4n) is 4.41. The molecule has 2 amide bonds. The normalized spacial score (nSPS) is 19.2. The zero-order valence-corrected chi connectivity index (χ0v) is 21.2. The molecule has 196 valence electrons. The molecule has 0 saturated heterocycles. The fourth-order valence-corrected chi connectivity index (χ4v) is 4.41. The molecule has 2 bridgehead atoms. The van der Waals surface area contributed by atoms with E-state index in [-0.39, 0.29) is 12.5 Å². The highest BCUT2D eigenvalue weighted by Gasteiger charge is 2.26. The molecule has 0 radical (unpaired) electrons. The van der Waals surface area contributed by atoms with Crippen molar-refractivity contribution in [1.29, 1.82) is 0 Å². The van der Waals surface area contributed by atoms with Crippen LogP contribution in [0.4, 0.5) is 0 Å². The largest absolute Gasteiger partial charge is 0.494 e. The number of hydrogen-bond acceptors (Lipinski definition) is 6. The zero-order valence-electron chi connectivity index (χ0n) is 21.2. The third-order valence-corrected chi connectivity index (χ3v) is 6.27. The maximum atomic E-state index is 12.9. The molecule has 1 aliphatic rings. The summed E-state index contributed by atoms with van der Waals surface area (Å²) in [6.45, 7) is 4.35. The van der Waals surface area contributed by atoms with Crippen LogP contribution in [0.2, 0.25) is 0 Å². The van der Waals surface area contributed by atoms with Crippen LogP contribution < -0.4 is 15.4 Å². The molecule has 0 fully saturated rings. The van der Waals surface area contributed by atoms with Crippen LogP contribution in [0.15, 0.2) is 67.0 Å². The van der Waals surface area contributed by atoms with E-state index in [1.165, 1.54) is 6.92 Å². The Bertz CT molecular complexity index is 1160. The number of nitrogens with zero attached hydrogens (tertiary/aromatic N) is 3. The molecular formula is C28H35N5O4. The Morgan fingerprint density at radius 3 is 2.76 bits per heavy atom. The molecule has 1 aliphatic heterocycles. The number of aliphatic hydroxyl groups excluding tert-OH is 1. The Morgan fingerprint density at radius 2 is 1.95 bits per heavy atom. The van der Waals surface area contributed by atoms with E-state index in [4.69, 9.17) is 4.74 Å². The van der Waals surface area contributed by atoms with Gasteiger partial charge in [0, 0.05) is 44.1 Å². The van der Waals surface area contributed by atoms with Crippen LogP contribution in [0.5, 0.6) is 5.75 Å². The number of rotatable bonds is 3. The molecular weight excluding hydrogens is 470 g/mol. The molecule has 2 aromatic carbocycles. The van der Waals surface area contributed by atoms with Gasteiger partial charge in [-0.2, -0.15) is 0 Å². The van der Waals surface area contributed by atoms with E-state index in [1.807, 2.05) is 70.3 Å². The molecule has 2 heterocycles.